The Hall–Kier alpha value is -2.05. The molecule has 3 rings (SSSR count). The quantitative estimate of drug-likeness (QED) is 0.490. The molecule has 0 bridgehead atoms. The summed E-state index contributed by atoms with van der Waals surface area (Å²) in [6.45, 7) is 4.56. The molecule has 25 heavy (non-hydrogen) atoms. The lowest BCUT2D eigenvalue weighted by atomic mass is 10.2. The minimum Gasteiger partial charge on any atom is -0.464 e. The van der Waals surface area contributed by atoms with Crippen molar-refractivity contribution in [3.05, 3.63) is 52.4 Å². The van der Waals surface area contributed by atoms with E-state index in [1.807, 2.05) is 23.6 Å². The molecule has 130 valence electrons. The van der Waals surface area contributed by atoms with Gasteiger partial charge in [0.15, 0.2) is 11.3 Å². The highest BCUT2D eigenvalue weighted by Gasteiger charge is 2.15. The number of carbonyl (C=O) groups excluding carboxylic acids is 1. The molecule has 0 saturated carbocycles. The molecule has 0 atom stereocenters. The van der Waals surface area contributed by atoms with E-state index < -0.39 is 5.97 Å². The van der Waals surface area contributed by atoms with Gasteiger partial charge in [-0.15, -0.1) is 11.8 Å². The van der Waals surface area contributed by atoms with E-state index in [0.29, 0.717) is 17.2 Å². The van der Waals surface area contributed by atoms with Crippen molar-refractivity contribution in [1.29, 1.82) is 0 Å². The maximum atomic E-state index is 11.7. The Balaban J connectivity index is 2.00. The highest BCUT2D eigenvalue weighted by molar-refractivity contribution is 7.99. The van der Waals surface area contributed by atoms with Gasteiger partial charge in [-0.3, -0.25) is 0 Å². The van der Waals surface area contributed by atoms with Crippen LogP contribution in [-0.4, -0.2) is 33.4 Å². The van der Waals surface area contributed by atoms with Crippen LogP contribution in [0.3, 0.4) is 0 Å². The number of esters is 1. The SMILES string of the molecule is CCSc1ccc(Cn2c(C)nc3ccc(C(=O)OC)nc32)c(Cl)c1. The second-order valence-corrected chi connectivity index (χ2v) is 7.21. The molecule has 0 radical (unpaired) electrons. The average Bonchev–Trinajstić information content (AvgIpc) is 2.91. The van der Waals surface area contributed by atoms with Crippen molar-refractivity contribution >= 4 is 40.5 Å². The van der Waals surface area contributed by atoms with Gasteiger partial charge in [0.2, 0.25) is 0 Å². The van der Waals surface area contributed by atoms with Crippen LogP contribution in [0.4, 0.5) is 0 Å². The van der Waals surface area contributed by atoms with E-state index in [-0.39, 0.29) is 5.69 Å². The molecule has 3 aromatic rings. The fraction of sp³-hybridized carbons (Fsp3) is 0.278. The van der Waals surface area contributed by atoms with Crippen LogP contribution in [0, 0.1) is 6.92 Å². The van der Waals surface area contributed by atoms with Gasteiger partial charge in [-0.25, -0.2) is 14.8 Å². The van der Waals surface area contributed by atoms with Gasteiger partial charge >= 0.3 is 5.97 Å². The van der Waals surface area contributed by atoms with Crippen molar-refractivity contribution in [2.24, 2.45) is 0 Å². The van der Waals surface area contributed by atoms with E-state index in [9.17, 15) is 4.79 Å². The third-order valence-electron chi connectivity index (χ3n) is 3.84. The van der Waals surface area contributed by atoms with E-state index in [4.69, 9.17) is 16.3 Å². The van der Waals surface area contributed by atoms with Crippen molar-refractivity contribution in [3.8, 4) is 0 Å². The molecule has 7 heteroatoms. The highest BCUT2D eigenvalue weighted by atomic mass is 35.5. The number of fused-ring (bicyclic) bond motifs is 1. The van der Waals surface area contributed by atoms with Gasteiger partial charge in [0, 0.05) is 9.92 Å². The summed E-state index contributed by atoms with van der Waals surface area (Å²) in [5, 5.41) is 0.712. The molecule has 0 saturated heterocycles. The fourth-order valence-electron chi connectivity index (χ4n) is 2.61. The summed E-state index contributed by atoms with van der Waals surface area (Å²) in [5.74, 6) is 1.35. The minimum atomic E-state index is -0.466. The zero-order valence-electron chi connectivity index (χ0n) is 14.2. The molecule has 2 heterocycles. The molecule has 0 fully saturated rings. The van der Waals surface area contributed by atoms with E-state index in [1.54, 1.807) is 23.9 Å². The number of hydrogen-bond acceptors (Lipinski definition) is 5. The largest absolute Gasteiger partial charge is 0.464 e. The Labute approximate surface area is 155 Å². The Morgan fingerprint density at radius 1 is 1.28 bits per heavy atom. The van der Waals surface area contributed by atoms with E-state index in [1.165, 1.54) is 7.11 Å². The predicted octanol–water partition coefficient (Wildman–Crippen LogP) is 4.34. The number of methoxy groups -OCH3 is 1. The van der Waals surface area contributed by atoms with Crippen molar-refractivity contribution in [2.75, 3.05) is 12.9 Å². The summed E-state index contributed by atoms with van der Waals surface area (Å²) in [7, 11) is 1.34. The molecule has 0 spiro atoms. The fourth-order valence-corrected chi connectivity index (χ4v) is 3.61. The van der Waals surface area contributed by atoms with Gasteiger partial charge in [-0.1, -0.05) is 24.6 Å². The van der Waals surface area contributed by atoms with E-state index in [0.717, 1.165) is 27.6 Å². The van der Waals surface area contributed by atoms with Crippen molar-refractivity contribution in [1.82, 2.24) is 14.5 Å². The summed E-state index contributed by atoms with van der Waals surface area (Å²) in [6.07, 6.45) is 0. The molecule has 2 aromatic heterocycles. The number of aryl methyl sites for hydroxylation is 1. The van der Waals surface area contributed by atoms with Crippen LogP contribution in [-0.2, 0) is 11.3 Å². The summed E-state index contributed by atoms with van der Waals surface area (Å²) in [4.78, 5) is 21.8. The van der Waals surface area contributed by atoms with Crippen molar-refractivity contribution in [2.45, 2.75) is 25.3 Å². The van der Waals surface area contributed by atoms with Gasteiger partial charge < -0.3 is 9.30 Å². The maximum absolute atomic E-state index is 11.7. The zero-order chi connectivity index (χ0) is 18.0. The van der Waals surface area contributed by atoms with Crippen LogP contribution in [0.2, 0.25) is 5.02 Å². The standard InChI is InChI=1S/C18H18ClN3O2S/c1-4-25-13-6-5-12(14(19)9-13)10-22-11(2)20-15-7-8-16(18(23)24-3)21-17(15)22/h5-9H,4,10H2,1-3H3. The van der Waals surface area contributed by atoms with Crippen molar-refractivity contribution < 1.29 is 9.53 Å². The number of aromatic nitrogens is 3. The van der Waals surface area contributed by atoms with Crippen LogP contribution in [0.5, 0.6) is 0 Å². The number of carbonyl (C=O) groups is 1. The monoisotopic (exact) mass is 375 g/mol. The van der Waals surface area contributed by atoms with Gasteiger partial charge in [0.25, 0.3) is 0 Å². The number of thioether (sulfide) groups is 1. The van der Waals surface area contributed by atoms with Crippen LogP contribution >= 0.6 is 23.4 Å². The Kier molecular flexibility index (Phi) is 5.30. The smallest absolute Gasteiger partial charge is 0.356 e. The van der Waals surface area contributed by atoms with Crippen LogP contribution in [0.1, 0.15) is 28.8 Å². The van der Waals surface area contributed by atoms with Gasteiger partial charge in [-0.05, 0) is 42.5 Å². The molecule has 5 nitrogen and oxygen atoms in total. The van der Waals surface area contributed by atoms with Crippen LogP contribution in [0.25, 0.3) is 11.2 Å². The average molecular weight is 376 g/mol. The molecule has 0 aliphatic rings. The second kappa shape index (κ2) is 7.45. The Morgan fingerprint density at radius 2 is 2.08 bits per heavy atom. The molecule has 0 aliphatic carbocycles. The number of imidazole rings is 1. The topological polar surface area (TPSA) is 57.0 Å². The number of ether oxygens (including phenoxy) is 1. The molecule has 0 amide bonds. The first-order valence-electron chi connectivity index (χ1n) is 7.87. The van der Waals surface area contributed by atoms with Gasteiger partial charge in [0.1, 0.15) is 11.3 Å². The normalized spacial score (nSPS) is 11.0. The summed E-state index contributed by atoms with van der Waals surface area (Å²) < 4.78 is 6.70. The van der Waals surface area contributed by atoms with Gasteiger partial charge in [-0.2, -0.15) is 0 Å². The molecular weight excluding hydrogens is 358 g/mol. The van der Waals surface area contributed by atoms with Crippen LogP contribution in [0.15, 0.2) is 35.2 Å². The lowest BCUT2D eigenvalue weighted by molar-refractivity contribution is 0.0594. The predicted molar refractivity (Wildman–Crippen MR) is 101 cm³/mol. The third-order valence-corrected chi connectivity index (χ3v) is 5.07. The number of pyridine rings is 1. The third kappa shape index (κ3) is 3.65. The first-order valence-corrected chi connectivity index (χ1v) is 9.23. The molecule has 1 aromatic carbocycles. The lowest BCUT2D eigenvalue weighted by Gasteiger charge is -2.10. The lowest BCUT2D eigenvalue weighted by Crippen LogP contribution is -2.07. The first kappa shape index (κ1) is 17.8. The molecule has 0 aliphatic heterocycles. The van der Waals surface area contributed by atoms with Crippen LogP contribution < -0.4 is 0 Å². The zero-order valence-corrected chi connectivity index (χ0v) is 15.8. The van der Waals surface area contributed by atoms with Gasteiger partial charge in [0.05, 0.1) is 13.7 Å². The van der Waals surface area contributed by atoms with Crippen molar-refractivity contribution in [3.63, 3.8) is 0 Å². The Morgan fingerprint density at radius 3 is 2.76 bits per heavy atom. The number of hydrogen-bond donors (Lipinski definition) is 0. The maximum Gasteiger partial charge on any atom is 0.356 e. The molecular formula is C18H18ClN3O2S. The summed E-state index contributed by atoms with van der Waals surface area (Å²) in [6, 6.07) is 9.47. The first-order chi connectivity index (χ1) is 12.0. The number of rotatable bonds is 5. The second-order valence-electron chi connectivity index (χ2n) is 5.46. The molecule has 0 N–H and O–H groups in total. The number of benzene rings is 1. The number of halogens is 1. The number of nitrogens with zero attached hydrogens (tertiary/aromatic N) is 3. The molecule has 0 unspecified atom stereocenters. The Bertz CT molecular complexity index is 939. The summed E-state index contributed by atoms with van der Waals surface area (Å²) in [5.41, 5.74) is 2.62. The summed E-state index contributed by atoms with van der Waals surface area (Å²) >= 11 is 8.20. The van der Waals surface area contributed by atoms with E-state index >= 15 is 0 Å². The highest BCUT2D eigenvalue weighted by Crippen LogP contribution is 2.26. The minimum absolute atomic E-state index is 0.261. The van der Waals surface area contributed by atoms with E-state index in [2.05, 4.69) is 23.0 Å².